The normalized spacial score (nSPS) is 11.9. The molecule has 0 fully saturated rings. The van der Waals surface area contributed by atoms with Crippen LogP contribution in [0.2, 0.25) is 0 Å². The summed E-state index contributed by atoms with van der Waals surface area (Å²) in [4.78, 5) is 11.7. The number of hydrogen-bond donors (Lipinski definition) is 2. The second-order valence-electron chi connectivity index (χ2n) is 4.81. The molecular formula is C13H22N4O3S. The summed E-state index contributed by atoms with van der Waals surface area (Å²) in [7, 11) is 4.01. The fraction of sp³-hybridized carbons (Fsp3) is 0.538. The summed E-state index contributed by atoms with van der Waals surface area (Å²) in [6, 6.07) is 4.00. The van der Waals surface area contributed by atoms with E-state index >= 15 is 0 Å². The lowest BCUT2D eigenvalue weighted by atomic mass is 10.4. The van der Waals surface area contributed by atoms with Crippen LogP contribution >= 0.6 is 11.8 Å². The Morgan fingerprint density at radius 1 is 1.52 bits per heavy atom. The summed E-state index contributed by atoms with van der Waals surface area (Å²) >= 11 is 1.76. The first-order valence-electron chi connectivity index (χ1n) is 6.62. The summed E-state index contributed by atoms with van der Waals surface area (Å²) in [6.07, 6.45) is 1.64. The molecule has 1 rings (SSSR count). The van der Waals surface area contributed by atoms with Crippen molar-refractivity contribution >= 4 is 11.8 Å². The van der Waals surface area contributed by atoms with Crippen LogP contribution in [0.4, 0.5) is 0 Å². The molecule has 0 saturated carbocycles. The minimum absolute atomic E-state index is 0.0874. The van der Waals surface area contributed by atoms with Crippen molar-refractivity contribution in [1.29, 1.82) is 0 Å². The van der Waals surface area contributed by atoms with E-state index in [1.807, 2.05) is 26.2 Å². The van der Waals surface area contributed by atoms with Crippen LogP contribution in [-0.4, -0.2) is 36.2 Å². The maximum absolute atomic E-state index is 10.2. The molecule has 21 heavy (non-hydrogen) atoms. The molecule has 0 aliphatic heterocycles. The van der Waals surface area contributed by atoms with E-state index < -0.39 is 4.92 Å². The number of thioether (sulfide) groups is 1. The highest BCUT2D eigenvalue weighted by Crippen LogP contribution is 2.16. The SMILES string of the molecule is CN(C)Cc1ccc(CSCCCNC(N)=C[N+](=O)[O-])o1. The average Bonchev–Trinajstić information content (AvgIpc) is 2.79. The first kappa shape index (κ1) is 17.4. The fourth-order valence-electron chi connectivity index (χ4n) is 1.64. The van der Waals surface area contributed by atoms with Gasteiger partial charge in [0.1, 0.15) is 11.5 Å². The Labute approximate surface area is 128 Å². The zero-order chi connectivity index (χ0) is 15.7. The van der Waals surface area contributed by atoms with Gasteiger partial charge in [-0.1, -0.05) is 0 Å². The predicted molar refractivity (Wildman–Crippen MR) is 84.1 cm³/mol. The Kier molecular flexibility index (Phi) is 7.70. The number of rotatable bonds is 10. The topological polar surface area (TPSA) is 97.6 Å². The van der Waals surface area contributed by atoms with E-state index in [9.17, 15) is 10.1 Å². The molecule has 0 unspecified atom stereocenters. The van der Waals surface area contributed by atoms with Gasteiger partial charge in [0.2, 0.25) is 0 Å². The highest BCUT2D eigenvalue weighted by atomic mass is 32.2. The number of hydrogen-bond acceptors (Lipinski definition) is 7. The van der Waals surface area contributed by atoms with Gasteiger partial charge in [0.25, 0.3) is 6.20 Å². The van der Waals surface area contributed by atoms with Crippen LogP contribution in [0.15, 0.2) is 28.6 Å². The largest absolute Gasteiger partial charge is 0.464 e. The Morgan fingerprint density at radius 2 is 2.24 bits per heavy atom. The molecule has 1 aromatic heterocycles. The van der Waals surface area contributed by atoms with Crippen LogP contribution in [-0.2, 0) is 12.3 Å². The van der Waals surface area contributed by atoms with Gasteiger partial charge in [-0.15, -0.1) is 0 Å². The van der Waals surface area contributed by atoms with Crippen molar-refractivity contribution in [2.45, 2.75) is 18.7 Å². The van der Waals surface area contributed by atoms with Crippen LogP contribution in [0.25, 0.3) is 0 Å². The van der Waals surface area contributed by atoms with Crippen molar-refractivity contribution in [3.8, 4) is 0 Å². The van der Waals surface area contributed by atoms with Gasteiger partial charge in [0.15, 0.2) is 5.82 Å². The van der Waals surface area contributed by atoms with Crippen molar-refractivity contribution in [2.24, 2.45) is 5.73 Å². The van der Waals surface area contributed by atoms with E-state index in [4.69, 9.17) is 10.2 Å². The fourth-order valence-corrected chi connectivity index (χ4v) is 2.48. The standard InChI is InChI=1S/C13H22N4O3S/c1-16(2)8-11-4-5-12(20-11)10-21-7-3-6-15-13(14)9-17(18)19/h4-5,9,15H,3,6-8,10,14H2,1-2H3. The summed E-state index contributed by atoms with van der Waals surface area (Å²) in [6.45, 7) is 1.42. The van der Waals surface area contributed by atoms with Crippen molar-refractivity contribution in [2.75, 3.05) is 26.4 Å². The molecule has 0 spiro atoms. The Bertz CT molecular complexity index is 474. The maximum atomic E-state index is 10.2. The molecule has 0 radical (unpaired) electrons. The molecule has 0 aliphatic carbocycles. The third-order valence-electron chi connectivity index (χ3n) is 2.47. The highest BCUT2D eigenvalue weighted by Gasteiger charge is 2.03. The number of nitrogens with zero attached hydrogens (tertiary/aromatic N) is 2. The van der Waals surface area contributed by atoms with Crippen molar-refractivity contribution in [3.63, 3.8) is 0 Å². The van der Waals surface area contributed by atoms with E-state index in [0.29, 0.717) is 6.54 Å². The van der Waals surface area contributed by atoms with Crippen molar-refractivity contribution < 1.29 is 9.34 Å². The molecule has 0 amide bonds. The van der Waals surface area contributed by atoms with E-state index in [1.165, 1.54) is 0 Å². The lowest BCUT2D eigenvalue weighted by Gasteiger charge is -2.06. The second-order valence-corrected chi connectivity index (χ2v) is 5.91. The van der Waals surface area contributed by atoms with Crippen LogP contribution in [0.1, 0.15) is 17.9 Å². The molecule has 1 heterocycles. The molecule has 0 bridgehead atoms. The predicted octanol–water partition coefficient (Wildman–Crippen LogP) is 1.59. The summed E-state index contributed by atoms with van der Waals surface area (Å²) in [5, 5.41) is 13.0. The lowest BCUT2D eigenvalue weighted by molar-refractivity contribution is -0.403. The first-order chi connectivity index (χ1) is 9.97. The molecule has 0 aromatic carbocycles. The molecule has 0 atom stereocenters. The molecule has 7 nitrogen and oxygen atoms in total. The van der Waals surface area contributed by atoms with Crippen LogP contribution in [0.3, 0.4) is 0 Å². The van der Waals surface area contributed by atoms with Gasteiger partial charge in [-0.05, 0) is 38.4 Å². The lowest BCUT2D eigenvalue weighted by Crippen LogP contribution is -2.22. The Hall–Kier alpha value is -1.67. The Balaban J connectivity index is 2.11. The third kappa shape index (κ3) is 8.26. The van der Waals surface area contributed by atoms with Gasteiger partial charge in [-0.25, -0.2) is 0 Å². The second kappa shape index (κ2) is 9.30. The van der Waals surface area contributed by atoms with Crippen LogP contribution < -0.4 is 11.1 Å². The molecule has 3 N–H and O–H groups in total. The van der Waals surface area contributed by atoms with Crippen molar-refractivity contribution in [1.82, 2.24) is 10.2 Å². The van der Waals surface area contributed by atoms with E-state index in [2.05, 4.69) is 10.2 Å². The van der Waals surface area contributed by atoms with Crippen LogP contribution in [0, 0.1) is 10.1 Å². The number of furan rings is 1. The van der Waals surface area contributed by atoms with E-state index in [0.717, 1.165) is 42.2 Å². The van der Waals surface area contributed by atoms with E-state index in [-0.39, 0.29) is 5.82 Å². The minimum atomic E-state index is -0.570. The molecule has 118 valence electrons. The van der Waals surface area contributed by atoms with Gasteiger partial charge in [-0.3, -0.25) is 10.1 Å². The zero-order valence-corrected chi connectivity index (χ0v) is 13.2. The van der Waals surface area contributed by atoms with Gasteiger partial charge < -0.3 is 20.4 Å². The van der Waals surface area contributed by atoms with Gasteiger partial charge in [-0.2, -0.15) is 11.8 Å². The maximum Gasteiger partial charge on any atom is 0.273 e. The smallest absolute Gasteiger partial charge is 0.273 e. The molecule has 8 heteroatoms. The van der Waals surface area contributed by atoms with Crippen LogP contribution in [0.5, 0.6) is 0 Å². The molecule has 0 saturated heterocycles. The minimum Gasteiger partial charge on any atom is -0.464 e. The average molecular weight is 314 g/mol. The number of nitro groups is 1. The van der Waals surface area contributed by atoms with Gasteiger partial charge >= 0.3 is 0 Å². The third-order valence-corrected chi connectivity index (χ3v) is 3.54. The quantitative estimate of drug-likeness (QED) is 0.384. The summed E-state index contributed by atoms with van der Waals surface area (Å²) in [5.41, 5.74) is 5.41. The van der Waals surface area contributed by atoms with Gasteiger partial charge in [0.05, 0.1) is 17.2 Å². The summed E-state index contributed by atoms with van der Waals surface area (Å²) < 4.78 is 5.70. The monoisotopic (exact) mass is 314 g/mol. The number of nitrogens with two attached hydrogens (primary N) is 1. The van der Waals surface area contributed by atoms with Crippen molar-refractivity contribution in [3.05, 3.63) is 45.8 Å². The molecule has 1 aromatic rings. The Morgan fingerprint density at radius 3 is 2.90 bits per heavy atom. The molecular weight excluding hydrogens is 292 g/mol. The summed E-state index contributed by atoms with van der Waals surface area (Å²) in [5.74, 6) is 3.78. The highest BCUT2D eigenvalue weighted by molar-refractivity contribution is 7.98. The zero-order valence-electron chi connectivity index (χ0n) is 12.4. The van der Waals surface area contributed by atoms with E-state index in [1.54, 1.807) is 11.8 Å². The number of nitrogens with one attached hydrogen (secondary N) is 1. The molecule has 0 aliphatic rings. The first-order valence-corrected chi connectivity index (χ1v) is 7.77. The van der Waals surface area contributed by atoms with Gasteiger partial charge in [0, 0.05) is 6.54 Å².